The van der Waals surface area contributed by atoms with Gasteiger partial charge in [0, 0.05) is 0 Å². The molecule has 7 aromatic rings. The van der Waals surface area contributed by atoms with Gasteiger partial charge in [0.2, 0.25) is 0 Å². The number of hydrogen-bond acceptors (Lipinski definition) is 0. The minimum atomic E-state index is 0.250. The summed E-state index contributed by atoms with van der Waals surface area (Å²) in [5.74, 6) is 0.822. The molecule has 60 heavy (non-hydrogen) atoms. The molecular formula is C60H64. The third kappa shape index (κ3) is 15.7. The molecule has 304 valence electrons. The van der Waals surface area contributed by atoms with Crippen molar-refractivity contribution in [1.29, 1.82) is 0 Å². The molecule has 7 aromatic carbocycles. The van der Waals surface area contributed by atoms with Crippen molar-refractivity contribution < 1.29 is 0 Å². The van der Waals surface area contributed by atoms with E-state index in [9.17, 15) is 0 Å². The molecule has 0 N–H and O–H groups in total. The number of benzene rings is 7. The van der Waals surface area contributed by atoms with E-state index < -0.39 is 0 Å². The van der Waals surface area contributed by atoms with Gasteiger partial charge >= 0.3 is 0 Å². The molecule has 1 aliphatic rings. The van der Waals surface area contributed by atoms with E-state index in [0.717, 1.165) is 11.5 Å². The highest BCUT2D eigenvalue weighted by Crippen LogP contribution is 2.32. The fourth-order valence-electron chi connectivity index (χ4n) is 6.83. The Labute approximate surface area is 362 Å². The second-order valence-electron chi connectivity index (χ2n) is 15.9. The summed E-state index contributed by atoms with van der Waals surface area (Å²) < 4.78 is 0. The van der Waals surface area contributed by atoms with Crippen LogP contribution in [0.3, 0.4) is 0 Å². The summed E-state index contributed by atoms with van der Waals surface area (Å²) in [5, 5.41) is 2.55. The minimum Gasteiger partial charge on any atom is -0.0985 e. The normalized spacial score (nSPS) is 11.8. The molecule has 0 aliphatic heterocycles. The molecule has 0 nitrogen and oxygen atoms in total. The van der Waals surface area contributed by atoms with Gasteiger partial charge in [-0.25, -0.2) is 0 Å². The minimum absolute atomic E-state index is 0.250. The van der Waals surface area contributed by atoms with Crippen molar-refractivity contribution in [3.63, 3.8) is 0 Å². The van der Waals surface area contributed by atoms with E-state index in [4.69, 9.17) is 0 Å². The van der Waals surface area contributed by atoms with Gasteiger partial charge < -0.3 is 0 Å². The van der Waals surface area contributed by atoms with E-state index in [1.165, 1.54) is 87.4 Å². The summed E-state index contributed by atoms with van der Waals surface area (Å²) in [6, 6.07) is 60.9. The van der Waals surface area contributed by atoms with Crippen LogP contribution in [0.1, 0.15) is 97.7 Å². The van der Waals surface area contributed by atoms with Crippen molar-refractivity contribution in [2.45, 2.75) is 64.2 Å². The number of hydrogen-bond donors (Lipinski definition) is 0. The average molecular weight is 785 g/mol. The van der Waals surface area contributed by atoms with Crippen LogP contribution in [-0.4, -0.2) is 0 Å². The summed E-state index contributed by atoms with van der Waals surface area (Å²) in [7, 11) is 0. The topological polar surface area (TPSA) is 0 Å². The van der Waals surface area contributed by atoms with E-state index in [1.807, 2.05) is 66.8 Å². The summed E-state index contributed by atoms with van der Waals surface area (Å²) in [6.07, 6.45) is 16.3. The van der Waals surface area contributed by atoms with Gasteiger partial charge in [-0.1, -0.05) is 273 Å². The summed E-state index contributed by atoms with van der Waals surface area (Å²) in [4.78, 5) is 0. The van der Waals surface area contributed by atoms with E-state index in [2.05, 4.69) is 193 Å². The predicted molar refractivity (Wildman–Crippen MR) is 270 cm³/mol. The second kappa shape index (κ2) is 25.1. The highest BCUT2D eigenvalue weighted by molar-refractivity contribution is 5.84. The maximum atomic E-state index is 3.77. The van der Waals surface area contributed by atoms with Crippen LogP contribution in [0.15, 0.2) is 209 Å². The molecule has 0 unspecified atom stereocenters. The first-order valence-electron chi connectivity index (χ1n) is 21.2. The molecular weight excluding hydrogens is 721 g/mol. The van der Waals surface area contributed by atoms with Crippen LogP contribution < -0.4 is 0 Å². The molecule has 1 fully saturated rings. The Morgan fingerprint density at radius 1 is 0.383 bits per heavy atom. The first-order valence-corrected chi connectivity index (χ1v) is 21.2. The van der Waals surface area contributed by atoms with Gasteiger partial charge in [0.15, 0.2) is 0 Å². The lowest BCUT2D eigenvalue weighted by atomic mass is 9.84. The van der Waals surface area contributed by atoms with Crippen molar-refractivity contribution in [3.8, 4) is 11.1 Å². The zero-order chi connectivity index (χ0) is 43.0. The van der Waals surface area contributed by atoms with Crippen LogP contribution in [0.25, 0.3) is 52.3 Å². The molecule has 1 saturated carbocycles. The Hall–Kier alpha value is -6.50. The van der Waals surface area contributed by atoms with Crippen molar-refractivity contribution in [3.05, 3.63) is 248 Å². The summed E-state index contributed by atoms with van der Waals surface area (Å²) >= 11 is 0. The van der Waals surface area contributed by atoms with Gasteiger partial charge in [0.05, 0.1) is 0 Å². The van der Waals surface area contributed by atoms with Crippen molar-refractivity contribution in [2.75, 3.05) is 0 Å². The van der Waals surface area contributed by atoms with E-state index in [1.54, 1.807) is 0 Å². The Morgan fingerprint density at radius 3 is 1.27 bits per heavy atom. The number of fused-ring (bicyclic) bond motifs is 1. The molecule has 0 saturated heterocycles. The standard InChI is InChI=1S/C14H18.C14H12.C12H10.C12H16.C8H8/c2*1-2-12-8-10-14(11-9-12)13-6-4-3-5-7-13;1-2-10-7-8-11-5-3-4-6-12(11)9-10;1-5-10-6-8-11(9-7-10)12(2,3)4;1-2-8-6-4-3-5-7-8/h2,8-11,13H,1,3-7H2;2-11H,1H2;2-9H,1H2;5-9H,1H2,2-4H3;2-7H,1H2. The predicted octanol–water partition coefficient (Wildman–Crippen LogP) is 17.8. The van der Waals surface area contributed by atoms with Crippen LogP contribution in [0, 0.1) is 0 Å². The fourth-order valence-corrected chi connectivity index (χ4v) is 6.83. The van der Waals surface area contributed by atoms with E-state index in [-0.39, 0.29) is 5.41 Å². The average Bonchev–Trinajstić information content (AvgIpc) is 3.33. The van der Waals surface area contributed by atoms with Crippen molar-refractivity contribution in [1.82, 2.24) is 0 Å². The van der Waals surface area contributed by atoms with Gasteiger partial charge in [0.25, 0.3) is 0 Å². The first-order chi connectivity index (χ1) is 29.2. The maximum absolute atomic E-state index is 3.77. The van der Waals surface area contributed by atoms with Gasteiger partial charge in [-0.3, -0.25) is 0 Å². The molecule has 1 aliphatic carbocycles. The van der Waals surface area contributed by atoms with Crippen LogP contribution >= 0.6 is 0 Å². The lowest BCUT2D eigenvalue weighted by Crippen LogP contribution is -2.10. The van der Waals surface area contributed by atoms with Crippen LogP contribution in [0.5, 0.6) is 0 Å². The van der Waals surface area contributed by atoms with Gasteiger partial charge in [0.1, 0.15) is 0 Å². The SMILES string of the molecule is C=Cc1ccc(-c2ccccc2)cc1.C=Cc1ccc(C(C)(C)C)cc1.C=Cc1ccc(C2CCCCC2)cc1.C=Cc1ccc2ccccc2c1.C=Cc1ccccc1. The first kappa shape index (κ1) is 46.2. The maximum Gasteiger partial charge on any atom is -0.0132 e. The van der Waals surface area contributed by atoms with Crippen LogP contribution in [-0.2, 0) is 5.41 Å². The molecule has 0 atom stereocenters. The monoisotopic (exact) mass is 785 g/mol. The lowest BCUT2D eigenvalue weighted by molar-refractivity contribution is 0.443. The fraction of sp³-hybridized carbons (Fsp3) is 0.167. The zero-order valence-corrected chi connectivity index (χ0v) is 36.3. The third-order valence-corrected chi connectivity index (χ3v) is 10.6. The number of rotatable bonds is 7. The third-order valence-electron chi connectivity index (χ3n) is 10.6. The smallest absolute Gasteiger partial charge is 0.0132 e. The Balaban J connectivity index is 0.000000167. The summed E-state index contributed by atoms with van der Waals surface area (Å²) in [5.41, 5.74) is 11.6. The Bertz CT molecular complexity index is 2310. The van der Waals surface area contributed by atoms with Gasteiger partial charge in [-0.05, 0) is 91.1 Å². The van der Waals surface area contributed by atoms with Gasteiger partial charge in [-0.15, -0.1) is 0 Å². The highest BCUT2D eigenvalue weighted by atomic mass is 14.2. The Morgan fingerprint density at radius 2 is 0.783 bits per heavy atom. The molecule has 8 rings (SSSR count). The molecule has 0 bridgehead atoms. The largest absolute Gasteiger partial charge is 0.0985 e. The van der Waals surface area contributed by atoms with Gasteiger partial charge in [-0.2, -0.15) is 0 Å². The molecule has 0 aromatic heterocycles. The van der Waals surface area contributed by atoms with E-state index >= 15 is 0 Å². The van der Waals surface area contributed by atoms with Crippen LogP contribution in [0.2, 0.25) is 0 Å². The molecule has 0 amide bonds. The summed E-state index contributed by atoms with van der Waals surface area (Å²) in [6.45, 7) is 25.3. The molecule has 0 heterocycles. The second-order valence-corrected chi connectivity index (χ2v) is 15.9. The van der Waals surface area contributed by atoms with Crippen molar-refractivity contribution >= 4 is 41.2 Å². The quantitative estimate of drug-likeness (QED) is 0.151. The molecule has 0 radical (unpaired) electrons. The molecule has 0 heteroatoms. The highest BCUT2D eigenvalue weighted by Gasteiger charge is 2.15. The van der Waals surface area contributed by atoms with E-state index in [0.29, 0.717) is 0 Å². The Kier molecular flexibility index (Phi) is 19.3. The van der Waals surface area contributed by atoms with Crippen molar-refractivity contribution in [2.24, 2.45) is 0 Å². The van der Waals surface area contributed by atoms with Crippen LogP contribution in [0.4, 0.5) is 0 Å². The molecule has 0 spiro atoms. The lowest BCUT2D eigenvalue weighted by Gasteiger charge is -2.21. The zero-order valence-electron chi connectivity index (χ0n) is 36.3.